The number of anilines is 1. The van der Waals surface area contributed by atoms with Crippen molar-refractivity contribution in [3.05, 3.63) is 40.6 Å². The number of halogens is 1. The Morgan fingerprint density at radius 1 is 1.27 bits per heavy atom. The summed E-state index contributed by atoms with van der Waals surface area (Å²) in [7, 11) is -3.77. The number of hydrogen-bond acceptors (Lipinski definition) is 5. The molecular formula is C17H22BrN3O4S. The average molecular weight is 444 g/mol. The monoisotopic (exact) mass is 443 g/mol. The lowest BCUT2D eigenvalue weighted by atomic mass is 10.2. The highest BCUT2D eigenvalue weighted by Gasteiger charge is 2.26. The topological polar surface area (TPSA) is 92.5 Å². The van der Waals surface area contributed by atoms with Gasteiger partial charge in [-0.25, -0.2) is 8.42 Å². The third-order valence-electron chi connectivity index (χ3n) is 3.68. The molecule has 1 heterocycles. The summed E-state index contributed by atoms with van der Waals surface area (Å²) in [6.07, 6.45) is 2.52. The van der Waals surface area contributed by atoms with Gasteiger partial charge in [0.2, 0.25) is 15.9 Å². The molecule has 0 unspecified atom stereocenters. The first-order chi connectivity index (χ1) is 12.3. The fourth-order valence-corrected chi connectivity index (χ4v) is 4.05. The Labute approximate surface area is 161 Å². The Bertz CT molecular complexity index is 834. The third kappa shape index (κ3) is 5.65. The van der Waals surface area contributed by atoms with Crippen LogP contribution in [0.25, 0.3) is 0 Å². The first-order valence-corrected chi connectivity index (χ1v) is 10.5. The van der Waals surface area contributed by atoms with E-state index in [4.69, 9.17) is 4.52 Å². The minimum Gasteiger partial charge on any atom is -0.360 e. The Morgan fingerprint density at radius 3 is 2.54 bits per heavy atom. The number of hydrogen-bond donors (Lipinski definition) is 1. The van der Waals surface area contributed by atoms with Crippen molar-refractivity contribution in [3.8, 4) is 0 Å². The van der Waals surface area contributed by atoms with Crippen LogP contribution in [0.2, 0.25) is 0 Å². The summed E-state index contributed by atoms with van der Waals surface area (Å²) in [6.45, 7) is 3.73. The summed E-state index contributed by atoms with van der Waals surface area (Å²) in [6, 6.07) is 7.93. The van der Waals surface area contributed by atoms with E-state index in [1.165, 1.54) is 16.4 Å². The molecule has 0 fully saturated rings. The number of sulfonamides is 1. The largest absolute Gasteiger partial charge is 0.360 e. The van der Waals surface area contributed by atoms with E-state index in [1.807, 2.05) is 6.92 Å². The van der Waals surface area contributed by atoms with Crippen LogP contribution in [0.15, 0.2) is 44.2 Å². The van der Waals surface area contributed by atoms with Crippen molar-refractivity contribution >= 4 is 37.7 Å². The predicted molar refractivity (Wildman–Crippen MR) is 102 cm³/mol. The maximum absolute atomic E-state index is 12.9. The Kier molecular flexibility index (Phi) is 7.36. The minimum absolute atomic E-state index is 0.155. The van der Waals surface area contributed by atoms with Crippen LogP contribution in [0.5, 0.6) is 0 Å². The van der Waals surface area contributed by atoms with Gasteiger partial charge in [0.25, 0.3) is 0 Å². The van der Waals surface area contributed by atoms with Crippen LogP contribution in [0.3, 0.4) is 0 Å². The summed E-state index contributed by atoms with van der Waals surface area (Å²) in [5, 5.41) is 6.25. The zero-order valence-electron chi connectivity index (χ0n) is 14.7. The zero-order valence-corrected chi connectivity index (χ0v) is 17.1. The molecule has 2 aromatic rings. The van der Waals surface area contributed by atoms with Gasteiger partial charge < -0.3 is 9.84 Å². The minimum atomic E-state index is -3.77. The second kappa shape index (κ2) is 9.29. The summed E-state index contributed by atoms with van der Waals surface area (Å²) in [4.78, 5) is 12.4. The van der Waals surface area contributed by atoms with E-state index in [2.05, 4.69) is 26.4 Å². The number of rotatable bonds is 9. The van der Waals surface area contributed by atoms with Crippen molar-refractivity contribution < 1.29 is 17.7 Å². The van der Waals surface area contributed by atoms with Gasteiger partial charge >= 0.3 is 0 Å². The molecule has 0 spiro atoms. The number of nitrogens with zero attached hydrogens (tertiary/aromatic N) is 2. The van der Waals surface area contributed by atoms with Gasteiger partial charge in [0.1, 0.15) is 5.76 Å². The molecule has 0 aliphatic rings. The number of unbranched alkanes of at least 4 members (excludes halogenated alkanes) is 2. The Balaban J connectivity index is 2.15. The molecule has 1 aromatic carbocycles. The molecule has 7 nitrogen and oxygen atoms in total. The molecular weight excluding hydrogens is 422 g/mol. The van der Waals surface area contributed by atoms with Gasteiger partial charge in [-0.1, -0.05) is 40.9 Å². The highest BCUT2D eigenvalue weighted by Crippen LogP contribution is 2.19. The number of aryl methyl sites for hydroxylation is 1. The fourth-order valence-electron chi connectivity index (χ4n) is 2.35. The van der Waals surface area contributed by atoms with Crippen LogP contribution >= 0.6 is 15.9 Å². The van der Waals surface area contributed by atoms with Crippen LogP contribution in [-0.2, 0) is 14.8 Å². The highest BCUT2D eigenvalue weighted by atomic mass is 79.9. The van der Waals surface area contributed by atoms with Crippen molar-refractivity contribution in [3.63, 3.8) is 0 Å². The molecule has 0 saturated carbocycles. The maximum atomic E-state index is 12.9. The number of carbonyl (C=O) groups excluding carboxylic acids is 1. The van der Waals surface area contributed by atoms with E-state index >= 15 is 0 Å². The van der Waals surface area contributed by atoms with E-state index in [-0.39, 0.29) is 23.8 Å². The van der Waals surface area contributed by atoms with Crippen LogP contribution in [0.1, 0.15) is 31.9 Å². The SMILES string of the molecule is CCCCCN(CC(=O)Nc1cc(C)on1)S(=O)(=O)c1ccc(Br)cc1. The van der Waals surface area contributed by atoms with Crippen molar-refractivity contribution in [2.24, 2.45) is 0 Å². The number of nitrogens with one attached hydrogen (secondary N) is 1. The molecule has 1 amide bonds. The lowest BCUT2D eigenvalue weighted by molar-refractivity contribution is -0.116. The van der Waals surface area contributed by atoms with Gasteiger partial charge in [0.05, 0.1) is 11.4 Å². The smallest absolute Gasteiger partial charge is 0.243 e. The number of benzene rings is 1. The summed E-state index contributed by atoms with van der Waals surface area (Å²) < 4.78 is 32.7. The molecule has 0 radical (unpaired) electrons. The van der Waals surface area contributed by atoms with E-state index in [1.54, 1.807) is 25.1 Å². The normalized spacial score (nSPS) is 11.7. The molecule has 1 N–H and O–H groups in total. The second-order valence-corrected chi connectivity index (χ2v) is 8.72. The van der Waals surface area contributed by atoms with Gasteiger partial charge in [-0.05, 0) is 37.6 Å². The number of carbonyl (C=O) groups is 1. The molecule has 0 atom stereocenters. The molecule has 0 aliphatic carbocycles. The quantitative estimate of drug-likeness (QED) is 0.597. The van der Waals surface area contributed by atoms with Crippen LogP contribution < -0.4 is 5.32 Å². The average Bonchev–Trinajstić information content (AvgIpc) is 2.99. The van der Waals surface area contributed by atoms with Crippen molar-refractivity contribution in [1.82, 2.24) is 9.46 Å². The highest BCUT2D eigenvalue weighted by molar-refractivity contribution is 9.10. The van der Waals surface area contributed by atoms with E-state index < -0.39 is 15.9 Å². The first kappa shape index (κ1) is 20.6. The molecule has 142 valence electrons. The molecule has 9 heteroatoms. The van der Waals surface area contributed by atoms with Crippen molar-refractivity contribution in [2.45, 2.75) is 38.0 Å². The van der Waals surface area contributed by atoms with Gasteiger partial charge in [-0.3, -0.25) is 4.79 Å². The van der Waals surface area contributed by atoms with Crippen molar-refractivity contribution in [2.75, 3.05) is 18.4 Å². The van der Waals surface area contributed by atoms with E-state index in [0.29, 0.717) is 12.2 Å². The van der Waals surface area contributed by atoms with Crippen LogP contribution in [0.4, 0.5) is 5.82 Å². The summed E-state index contributed by atoms with van der Waals surface area (Å²) in [5.41, 5.74) is 0. The zero-order chi connectivity index (χ0) is 19.2. The molecule has 1 aromatic heterocycles. The first-order valence-electron chi connectivity index (χ1n) is 8.32. The Morgan fingerprint density at radius 2 is 1.96 bits per heavy atom. The summed E-state index contributed by atoms with van der Waals surface area (Å²) in [5.74, 6) is 0.361. The van der Waals surface area contributed by atoms with Gasteiger partial charge in [-0.2, -0.15) is 4.31 Å². The standard InChI is InChI=1S/C17H22BrN3O4S/c1-3-4-5-10-21(12-17(22)19-16-11-13(2)25-20-16)26(23,24)15-8-6-14(18)7-9-15/h6-9,11H,3-5,10,12H2,1-2H3,(H,19,20,22). The van der Waals surface area contributed by atoms with Gasteiger partial charge in [0, 0.05) is 17.1 Å². The number of aromatic nitrogens is 1. The maximum Gasteiger partial charge on any atom is 0.243 e. The molecule has 26 heavy (non-hydrogen) atoms. The summed E-state index contributed by atoms with van der Waals surface area (Å²) >= 11 is 3.29. The van der Waals surface area contributed by atoms with Gasteiger partial charge in [0.15, 0.2) is 5.82 Å². The van der Waals surface area contributed by atoms with Crippen molar-refractivity contribution in [1.29, 1.82) is 0 Å². The predicted octanol–water partition coefficient (Wildman–Crippen LogP) is 3.57. The molecule has 0 aliphatic heterocycles. The lowest BCUT2D eigenvalue weighted by Crippen LogP contribution is -2.38. The van der Waals surface area contributed by atoms with E-state index in [0.717, 1.165) is 17.3 Å². The molecule has 0 bridgehead atoms. The third-order valence-corrected chi connectivity index (χ3v) is 6.07. The Hall–Kier alpha value is -1.71. The lowest BCUT2D eigenvalue weighted by Gasteiger charge is -2.21. The van der Waals surface area contributed by atoms with Gasteiger partial charge in [-0.15, -0.1) is 0 Å². The second-order valence-electron chi connectivity index (χ2n) is 5.87. The van der Waals surface area contributed by atoms with E-state index in [9.17, 15) is 13.2 Å². The van der Waals surface area contributed by atoms with Crippen LogP contribution in [0, 0.1) is 6.92 Å². The number of amides is 1. The van der Waals surface area contributed by atoms with Crippen LogP contribution in [-0.4, -0.2) is 36.9 Å². The fraction of sp³-hybridized carbons (Fsp3) is 0.412. The molecule has 0 saturated heterocycles. The molecule has 2 rings (SSSR count).